The minimum absolute atomic E-state index is 0.0966. The fraction of sp³-hybridized carbons (Fsp3) is 0.0370. The lowest BCUT2D eigenvalue weighted by molar-refractivity contribution is 0.0999. The van der Waals surface area contributed by atoms with Crippen LogP contribution in [0.4, 0.5) is 5.13 Å². The summed E-state index contributed by atoms with van der Waals surface area (Å²) in [7, 11) is 0. The van der Waals surface area contributed by atoms with E-state index in [-0.39, 0.29) is 5.76 Å². The van der Waals surface area contributed by atoms with E-state index in [2.05, 4.69) is 15.5 Å². The Morgan fingerprint density at radius 1 is 0.886 bits per heavy atom. The zero-order chi connectivity index (χ0) is 23.9. The highest BCUT2D eigenvalue weighted by Crippen LogP contribution is 2.40. The fourth-order valence-electron chi connectivity index (χ4n) is 4.13. The Hall–Kier alpha value is -4.56. The van der Waals surface area contributed by atoms with Crippen LogP contribution in [0.15, 0.2) is 92.5 Å². The van der Waals surface area contributed by atoms with Gasteiger partial charge in [0.05, 0.1) is 5.39 Å². The first kappa shape index (κ1) is 21.0. The van der Waals surface area contributed by atoms with Crippen molar-refractivity contribution in [3.05, 3.63) is 101 Å². The molecule has 35 heavy (non-hydrogen) atoms. The number of hydrogen-bond acceptors (Lipinski definition) is 7. The molecule has 8 heteroatoms. The van der Waals surface area contributed by atoms with Crippen molar-refractivity contribution in [3.8, 4) is 21.7 Å². The minimum atomic E-state index is -0.473. The van der Waals surface area contributed by atoms with Crippen molar-refractivity contribution in [1.29, 1.82) is 0 Å². The van der Waals surface area contributed by atoms with Gasteiger partial charge in [-0.3, -0.25) is 10.1 Å². The molecule has 0 atom stereocenters. The van der Waals surface area contributed by atoms with Gasteiger partial charge in [-0.05, 0) is 30.2 Å². The molecular weight excluding hydrogens is 462 g/mol. The molecule has 0 aliphatic heterocycles. The smallest absolute Gasteiger partial charge is 0.336 e. The van der Waals surface area contributed by atoms with E-state index in [9.17, 15) is 9.59 Å². The maximum atomic E-state index is 13.4. The molecule has 0 aliphatic rings. The second kappa shape index (κ2) is 8.34. The van der Waals surface area contributed by atoms with Crippen LogP contribution in [0.25, 0.3) is 43.6 Å². The average Bonchev–Trinajstić information content (AvgIpc) is 3.50. The first-order valence-corrected chi connectivity index (χ1v) is 11.7. The summed E-state index contributed by atoms with van der Waals surface area (Å²) in [5, 5.41) is 13.5. The van der Waals surface area contributed by atoms with Crippen molar-refractivity contribution < 1.29 is 13.6 Å². The van der Waals surface area contributed by atoms with Crippen LogP contribution >= 0.6 is 11.3 Å². The third kappa shape index (κ3) is 3.70. The zero-order valence-electron chi connectivity index (χ0n) is 18.4. The molecule has 0 aliphatic carbocycles. The molecule has 170 valence electrons. The first-order chi connectivity index (χ1) is 17.1. The number of furan rings is 1. The van der Waals surface area contributed by atoms with Crippen molar-refractivity contribution in [2.24, 2.45) is 0 Å². The molecule has 1 amide bonds. The van der Waals surface area contributed by atoms with Gasteiger partial charge in [0.15, 0.2) is 0 Å². The minimum Gasteiger partial charge on any atom is -0.450 e. The van der Waals surface area contributed by atoms with Gasteiger partial charge in [-0.2, -0.15) is 0 Å². The van der Waals surface area contributed by atoms with E-state index >= 15 is 0 Å². The van der Waals surface area contributed by atoms with Crippen molar-refractivity contribution in [2.75, 3.05) is 5.32 Å². The molecule has 3 aromatic carbocycles. The summed E-state index contributed by atoms with van der Waals surface area (Å²) in [6, 6.07) is 24.1. The van der Waals surface area contributed by atoms with Crippen LogP contribution in [0.1, 0.15) is 16.1 Å². The van der Waals surface area contributed by atoms with Crippen LogP contribution in [-0.4, -0.2) is 16.1 Å². The van der Waals surface area contributed by atoms with Gasteiger partial charge in [0.1, 0.15) is 16.2 Å². The Balaban J connectivity index is 1.50. The van der Waals surface area contributed by atoms with Crippen molar-refractivity contribution >= 4 is 44.3 Å². The third-order valence-corrected chi connectivity index (χ3v) is 6.59. The lowest BCUT2D eigenvalue weighted by atomic mass is 9.99. The number of carbonyl (C=O) groups excluding carboxylic acids is 1. The number of nitrogens with zero attached hydrogens (tertiary/aromatic N) is 2. The van der Waals surface area contributed by atoms with Gasteiger partial charge in [-0.25, -0.2) is 4.79 Å². The summed E-state index contributed by atoms with van der Waals surface area (Å²) in [5.41, 5.74) is 3.37. The SMILES string of the molecule is Cc1cc(=O)oc2c1ccc1oc(C(=O)Nc3nnc(-c4ccccc4)s3)c(-c3ccccc3)c12. The quantitative estimate of drug-likeness (QED) is 0.299. The highest BCUT2D eigenvalue weighted by molar-refractivity contribution is 7.18. The van der Waals surface area contributed by atoms with Crippen molar-refractivity contribution in [3.63, 3.8) is 0 Å². The number of benzene rings is 3. The molecule has 6 aromatic rings. The largest absolute Gasteiger partial charge is 0.450 e. The number of carbonyl (C=O) groups is 1. The monoisotopic (exact) mass is 479 g/mol. The van der Waals surface area contributed by atoms with E-state index in [1.54, 1.807) is 6.07 Å². The average molecular weight is 480 g/mol. The molecule has 3 aromatic heterocycles. The van der Waals surface area contributed by atoms with Crippen LogP contribution in [0.3, 0.4) is 0 Å². The molecule has 0 saturated heterocycles. The molecule has 6 rings (SSSR count). The number of amides is 1. The highest BCUT2D eigenvalue weighted by Gasteiger charge is 2.26. The molecular formula is C27H17N3O4S. The molecule has 0 radical (unpaired) electrons. The van der Waals surface area contributed by atoms with E-state index in [1.807, 2.05) is 73.7 Å². The lowest BCUT2D eigenvalue weighted by Gasteiger charge is -2.05. The molecule has 0 fully saturated rings. The summed E-state index contributed by atoms with van der Waals surface area (Å²) in [5.74, 6) is -0.377. The zero-order valence-corrected chi connectivity index (χ0v) is 19.3. The van der Waals surface area contributed by atoms with Gasteiger partial charge in [-0.1, -0.05) is 72.0 Å². The normalized spacial score (nSPS) is 11.2. The van der Waals surface area contributed by atoms with Crippen LogP contribution in [0.5, 0.6) is 0 Å². The molecule has 0 unspecified atom stereocenters. The fourth-order valence-corrected chi connectivity index (χ4v) is 4.87. The molecule has 0 spiro atoms. The lowest BCUT2D eigenvalue weighted by Crippen LogP contribution is -2.11. The summed E-state index contributed by atoms with van der Waals surface area (Å²) >= 11 is 1.27. The van der Waals surface area contributed by atoms with E-state index in [0.717, 1.165) is 22.1 Å². The van der Waals surface area contributed by atoms with Crippen LogP contribution < -0.4 is 10.9 Å². The Morgan fingerprint density at radius 3 is 2.34 bits per heavy atom. The second-order valence-corrected chi connectivity index (χ2v) is 8.95. The maximum absolute atomic E-state index is 13.4. The molecule has 7 nitrogen and oxygen atoms in total. The predicted octanol–water partition coefficient (Wildman–Crippen LogP) is 6.29. The standard InChI is InChI=1S/C27H17N3O4S/c1-15-14-20(31)34-23-18(15)12-13-19-22(23)21(16-8-4-2-5-9-16)24(33-19)25(32)28-27-30-29-26(35-27)17-10-6-3-7-11-17/h2-14H,1H3,(H,28,30,32). The Morgan fingerprint density at radius 2 is 1.60 bits per heavy atom. The van der Waals surface area contributed by atoms with E-state index in [4.69, 9.17) is 8.83 Å². The van der Waals surface area contributed by atoms with Gasteiger partial charge in [0.25, 0.3) is 5.91 Å². The molecule has 0 bridgehead atoms. The van der Waals surface area contributed by atoms with Gasteiger partial charge < -0.3 is 8.83 Å². The number of fused-ring (bicyclic) bond motifs is 3. The van der Waals surface area contributed by atoms with E-state index in [1.165, 1.54) is 17.4 Å². The Kier molecular flexibility index (Phi) is 5.00. The molecule has 1 N–H and O–H groups in total. The van der Waals surface area contributed by atoms with Gasteiger partial charge in [-0.15, -0.1) is 10.2 Å². The first-order valence-electron chi connectivity index (χ1n) is 10.8. The number of aryl methyl sites for hydroxylation is 1. The van der Waals surface area contributed by atoms with E-state index < -0.39 is 11.5 Å². The molecule has 3 heterocycles. The summed E-state index contributed by atoms with van der Waals surface area (Å²) in [4.78, 5) is 25.6. The van der Waals surface area contributed by atoms with Crippen LogP contribution in [0.2, 0.25) is 0 Å². The summed E-state index contributed by atoms with van der Waals surface area (Å²) in [6.45, 7) is 1.85. The summed E-state index contributed by atoms with van der Waals surface area (Å²) < 4.78 is 11.7. The van der Waals surface area contributed by atoms with Gasteiger partial charge >= 0.3 is 5.63 Å². The van der Waals surface area contributed by atoms with Gasteiger partial charge in [0.2, 0.25) is 10.9 Å². The van der Waals surface area contributed by atoms with Gasteiger partial charge in [0, 0.05) is 22.6 Å². The maximum Gasteiger partial charge on any atom is 0.336 e. The summed E-state index contributed by atoms with van der Waals surface area (Å²) in [6.07, 6.45) is 0. The van der Waals surface area contributed by atoms with Crippen molar-refractivity contribution in [1.82, 2.24) is 10.2 Å². The predicted molar refractivity (Wildman–Crippen MR) is 136 cm³/mol. The van der Waals surface area contributed by atoms with Crippen molar-refractivity contribution in [2.45, 2.75) is 6.92 Å². The number of aromatic nitrogens is 2. The number of anilines is 1. The Labute approximate surface area is 202 Å². The van der Waals surface area contributed by atoms with Crippen LogP contribution in [-0.2, 0) is 0 Å². The topological polar surface area (TPSA) is 98.2 Å². The van der Waals surface area contributed by atoms with E-state index in [0.29, 0.717) is 32.3 Å². The molecule has 0 saturated carbocycles. The Bertz CT molecular complexity index is 1770. The van der Waals surface area contributed by atoms with Crippen LogP contribution in [0, 0.1) is 6.92 Å². The third-order valence-electron chi connectivity index (χ3n) is 5.71. The number of nitrogens with one attached hydrogen (secondary N) is 1. The highest BCUT2D eigenvalue weighted by atomic mass is 32.1. The number of rotatable bonds is 4. The number of hydrogen-bond donors (Lipinski definition) is 1. The second-order valence-electron chi connectivity index (χ2n) is 7.97.